The van der Waals surface area contributed by atoms with Gasteiger partial charge < -0.3 is 10.2 Å². The number of fused-ring (bicyclic) bond motifs is 3. The highest BCUT2D eigenvalue weighted by Crippen LogP contribution is 2.32. The molecule has 0 amide bonds. The topological polar surface area (TPSA) is 39.2 Å². The standard InChI is InChI=1S/C16H14F3NO/c17-16(18,19)8-7-13(20)10-5-6-15-12(9-10)11-3-1-2-4-14(11)21-15/h1-6,9,13H,7-8,20H2. The van der Waals surface area contributed by atoms with Crippen LogP contribution in [0.1, 0.15) is 24.4 Å². The first kappa shape index (κ1) is 13.9. The second-order valence-corrected chi connectivity index (χ2v) is 5.11. The Kier molecular flexibility index (Phi) is 3.37. The Morgan fingerprint density at radius 1 is 1.00 bits per heavy atom. The van der Waals surface area contributed by atoms with Crippen molar-refractivity contribution >= 4 is 21.9 Å². The third kappa shape index (κ3) is 2.88. The molecule has 3 rings (SSSR count). The van der Waals surface area contributed by atoms with Crippen LogP contribution in [0.25, 0.3) is 21.9 Å². The molecule has 0 aliphatic carbocycles. The van der Waals surface area contributed by atoms with E-state index < -0.39 is 18.6 Å². The summed E-state index contributed by atoms with van der Waals surface area (Å²) in [6.07, 6.45) is -5.17. The van der Waals surface area contributed by atoms with Gasteiger partial charge >= 0.3 is 6.18 Å². The van der Waals surface area contributed by atoms with E-state index in [0.717, 1.165) is 16.4 Å². The minimum Gasteiger partial charge on any atom is -0.456 e. The molecule has 2 aromatic carbocycles. The molecule has 2 nitrogen and oxygen atoms in total. The van der Waals surface area contributed by atoms with Gasteiger partial charge in [0.25, 0.3) is 0 Å². The van der Waals surface area contributed by atoms with Crippen LogP contribution in [0.5, 0.6) is 0 Å². The maximum absolute atomic E-state index is 12.3. The predicted octanol–water partition coefficient (Wildman–Crippen LogP) is 4.93. The second-order valence-electron chi connectivity index (χ2n) is 5.11. The average molecular weight is 293 g/mol. The second kappa shape index (κ2) is 5.07. The van der Waals surface area contributed by atoms with Crippen molar-refractivity contribution in [2.75, 3.05) is 0 Å². The van der Waals surface area contributed by atoms with E-state index >= 15 is 0 Å². The van der Waals surface area contributed by atoms with Gasteiger partial charge in [-0.2, -0.15) is 13.2 Å². The largest absolute Gasteiger partial charge is 0.456 e. The number of furan rings is 1. The maximum atomic E-state index is 12.3. The van der Waals surface area contributed by atoms with E-state index in [9.17, 15) is 13.2 Å². The fourth-order valence-electron chi connectivity index (χ4n) is 2.46. The number of rotatable bonds is 3. The molecule has 3 aromatic rings. The van der Waals surface area contributed by atoms with E-state index in [1.807, 2.05) is 30.3 Å². The van der Waals surface area contributed by atoms with Gasteiger partial charge in [-0.1, -0.05) is 24.3 Å². The molecule has 0 radical (unpaired) electrons. The van der Waals surface area contributed by atoms with Gasteiger partial charge in [0.1, 0.15) is 11.2 Å². The first-order valence-corrected chi connectivity index (χ1v) is 6.67. The van der Waals surface area contributed by atoms with Gasteiger partial charge in [0.2, 0.25) is 0 Å². The SMILES string of the molecule is NC(CCC(F)(F)F)c1ccc2oc3ccccc3c2c1. The first-order valence-electron chi connectivity index (χ1n) is 6.67. The summed E-state index contributed by atoms with van der Waals surface area (Å²) in [6, 6.07) is 12.2. The molecule has 5 heteroatoms. The summed E-state index contributed by atoms with van der Waals surface area (Å²) in [4.78, 5) is 0. The normalized spacial score (nSPS) is 13.9. The fraction of sp³-hybridized carbons (Fsp3) is 0.250. The van der Waals surface area contributed by atoms with Crippen molar-refractivity contribution < 1.29 is 17.6 Å². The maximum Gasteiger partial charge on any atom is 0.389 e. The molecule has 0 spiro atoms. The third-order valence-electron chi connectivity index (χ3n) is 3.57. The van der Waals surface area contributed by atoms with Crippen molar-refractivity contribution in [3.8, 4) is 0 Å². The molecule has 0 saturated heterocycles. The highest BCUT2D eigenvalue weighted by Gasteiger charge is 2.27. The predicted molar refractivity (Wildman–Crippen MR) is 75.9 cm³/mol. The summed E-state index contributed by atoms with van der Waals surface area (Å²) >= 11 is 0. The first-order chi connectivity index (χ1) is 9.94. The highest BCUT2D eigenvalue weighted by atomic mass is 19.4. The lowest BCUT2D eigenvalue weighted by atomic mass is 10.0. The van der Waals surface area contributed by atoms with Crippen molar-refractivity contribution in [3.05, 3.63) is 48.0 Å². The molecule has 0 aliphatic rings. The summed E-state index contributed by atoms with van der Waals surface area (Å²) in [5.74, 6) is 0. The number of alkyl halides is 3. The van der Waals surface area contributed by atoms with Gasteiger partial charge in [0, 0.05) is 23.2 Å². The summed E-state index contributed by atoms with van der Waals surface area (Å²) < 4.78 is 42.5. The molecule has 0 fully saturated rings. The molecule has 0 bridgehead atoms. The molecule has 0 saturated carbocycles. The van der Waals surface area contributed by atoms with Crippen molar-refractivity contribution in [3.63, 3.8) is 0 Å². The lowest BCUT2D eigenvalue weighted by Gasteiger charge is -2.13. The molecule has 1 heterocycles. The van der Waals surface area contributed by atoms with E-state index in [1.54, 1.807) is 12.1 Å². The van der Waals surface area contributed by atoms with Crippen molar-refractivity contribution in [1.29, 1.82) is 0 Å². The molecule has 2 N–H and O–H groups in total. The molecule has 0 aliphatic heterocycles. The smallest absolute Gasteiger partial charge is 0.389 e. The number of para-hydroxylation sites is 1. The van der Waals surface area contributed by atoms with E-state index in [2.05, 4.69) is 0 Å². The average Bonchev–Trinajstić information content (AvgIpc) is 2.81. The summed E-state index contributed by atoms with van der Waals surface area (Å²) in [6.45, 7) is 0. The van der Waals surface area contributed by atoms with E-state index in [-0.39, 0.29) is 6.42 Å². The van der Waals surface area contributed by atoms with Crippen molar-refractivity contribution in [2.45, 2.75) is 25.1 Å². The molecule has 1 unspecified atom stereocenters. The zero-order valence-electron chi connectivity index (χ0n) is 11.2. The van der Waals surface area contributed by atoms with Crippen LogP contribution in [0.15, 0.2) is 46.9 Å². The lowest BCUT2D eigenvalue weighted by molar-refractivity contribution is -0.136. The van der Waals surface area contributed by atoms with Gasteiger partial charge in [0.05, 0.1) is 0 Å². The Balaban J connectivity index is 1.94. The zero-order valence-corrected chi connectivity index (χ0v) is 11.2. The van der Waals surface area contributed by atoms with Gasteiger partial charge in [-0.15, -0.1) is 0 Å². The Hall–Kier alpha value is -2.01. The number of benzene rings is 2. The zero-order chi connectivity index (χ0) is 15.0. The minimum absolute atomic E-state index is 0.120. The van der Waals surface area contributed by atoms with Gasteiger partial charge in [0.15, 0.2) is 0 Å². The monoisotopic (exact) mass is 293 g/mol. The Morgan fingerprint density at radius 2 is 1.71 bits per heavy atom. The van der Waals surface area contributed by atoms with Crippen LogP contribution in [0.3, 0.4) is 0 Å². The minimum atomic E-state index is -4.18. The molecular formula is C16H14F3NO. The van der Waals surface area contributed by atoms with Crippen molar-refractivity contribution in [2.24, 2.45) is 5.73 Å². The van der Waals surface area contributed by atoms with Crippen molar-refractivity contribution in [1.82, 2.24) is 0 Å². The molecule has 110 valence electrons. The van der Waals surface area contributed by atoms with E-state index in [0.29, 0.717) is 11.1 Å². The van der Waals surface area contributed by atoms with Gasteiger partial charge in [-0.3, -0.25) is 0 Å². The van der Waals surface area contributed by atoms with Gasteiger partial charge in [-0.25, -0.2) is 0 Å². The Morgan fingerprint density at radius 3 is 2.48 bits per heavy atom. The van der Waals surface area contributed by atoms with Crippen LogP contribution in [0.2, 0.25) is 0 Å². The van der Waals surface area contributed by atoms with Crippen LogP contribution >= 0.6 is 0 Å². The number of hydrogen-bond donors (Lipinski definition) is 1. The van der Waals surface area contributed by atoms with E-state index in [1.165, 1.54) is 0 Å². The summed E-state index contributed by atoms with van der Waals surface area (Å²) in [5, 5.41) is 1.82. The van der Waals surface area contributed by atoms with E-state index in [4.69, 9.17) is 10.2 Å². The Labute approximate surface area is 119 Å². The molecular weight excluding hydrogens is 279 g/mol. The Bertz CT molecular complexity index is 776. The molecule has 1 aromatic heterocycles. The van der Waals surface area contributed by atoms with Crippen LogP contribution < -0.4 is 5.73 Å². The molecule has 1 atom stereocenters. The van der Waals surface area contributed by atoms with Gasteiger partial charge in [-0.05, 0) is 30.2 Å². The van der Waals surface area contributed by atoms with Crippen LogP contribution in [0.4, 0.5) is 13.2 Å². The quantitative estimate of drug-likeness (QED) is 0.743. The number of halogens is 3. The number of hydrogen-bond acceptors (Lipinski definition) is 2. The lowest BCUT2D eigenvalue weighted by Crippen LogP contribution is -2.15. The highest BCUT2D eigenvalue weighted by molar-refractivity contribution is 6.04. The fourth-order valence-corrected chi connectivity index (χ4v) is 2.46. The van der Waals surface area contributed by atoms with Crippen LogP contribution in [-0.2, 0) is 0 Å². The molecule has 21 heavy (non-hydrogen) atoms. The number of nitrogens with two attached hydrogens (primary N) is 1. The van der Waals surface area contributed by atoms with Crippen LogP contribution in [-0.4, -0.2) is 6.18 Å². The third-order valence-corrected chi connectivity index (χ3v) is 3.57. The van der Waals surface area contributed by atoms with Crippen LogP contribution in [0, 0.1) is 0 Å². The summed E-state index contributed by atoms with van der Waals surface area (Å²) in [7, 11) is 0. The summed E-state index contributed by atoms with van der Waals surface area (Å²) in [5.41, 5.74) is 8.04.